The van der Waals surface area contributed by atoms with Gasteiger partial charge in [0.05, 0.1) is 11.6 Å². The first-order valence-electron chi connectivity index (χ1n) is 6.75. The van der Waals surface area contributed by atoms with E-state index in [0.29, 0.717) is 6.54 Å². The highest BCUT2D eigenvalue weighted by molar-refractivity contribution is 5.86. The molecule has 17 heavy (non-hydrogen) atoms. The summed E-state index contributed by atoms with van der Waals surface area (Å²) in [6, 6.07) is 0. The second-order valence-corrected chi connectivity index (χ2v) is 5.76. The first-order chi connectivity index (χ1) is 8.03. The summed E-state index contributed by atoms with van der Waals surface area (Å²) in [5, 5.41) is 12.9. The molecule has 0 bridgehead atoms. The topological polar surface area (TPSA) is 52.6 Å². The van der Waals surface area contributed by atoms with Gasteiger partial charge in [0.2, 0.25) is 5.91 Å². The van der Waals surface area contributed by atoms with Crippen molar-refractivity contribution in [2.75, 3.05) is 19.6 Å². The second-order valence-electron chi connectivity index (χ2n) is 5.76. The number of hydrogen-bond donors (Lipinski definition) is 2. The van der Waals surface area contributed by atoms with Gasteiger partial charge in [-0.15, -0.1) is 0 Å². The van der Waals surface area contributed by atoms with Crippen molar-refractivity contribution in [1.29, 1.82) is 0 Å². The zero-order valence-corrected chi connectivity index (χ0v) is 10.9. The lowest BCUT2D eigenvalue weighted by Gasteiger charge is -2.36. The molecule has 1 amide bonds. The summed E-state index contributed by atoms with van der Waals surface area (Å²) in [6.45, 7) is 6.29. The Hall–Kier alpha value is -0.610. The van der Waals surface area contributed by atoms with E-state index in [1.54, 1.807) is 0 Å². The molecule has 0 spiro atoms. The van der Waals surface area contributed by atoms with Gasteiger partial charge in [-0.3, -0.25) is 4.79 Å². The van der Waals surface area contributed by atoms with Gasteiger partial charge in [-0.25, -0.2) is 0 Å². The maximum absolute atomic E-state index is 12.5. The molecule has 0 aromatic heterocycles. The van der Waals surface area contributed by atoms with Crippen molar-refractivity contribution >= 4 is 5.91 Å². The summed E-state index contributed by atoms with van der Waals surface area (Å²) < 4.78 is 0. The first kappa shape index (κ1) is 12.8. The minimum absolute atomic E-state index is 0.223. The van der Waals surface area contributed by atoms with Crippen molar-refractivity contribution in [2.24, 2.45) is 5.92 Å². The molecule has 0 aromatic carbocycles. The Labute approximate surface area is 103 Å². The fraction of sp³-hybridized carbons (Fsp3) is 0.923. The predicted molar refractivity (Wildman–Crippen MR) is 66.6 cm³/mol. The van der Waals surface area contributed by atoms with Crippen LogP contribution in [-0.4, -0.2) is 47.2 Å². The van der Waals surface area contributed by atoms with Crippen LogP contribution in [0.5, 0.6) is 0 Å². The number of piperidine rings is 1. The van der Waals surface area contributed by atoms with Crippen LogP contribution in [0.15, 0.2) is 0 Å². The predicted octanol–water partition coefficient (Wildman–Crippen LogP) is 0.748. The third kappa shape index (κ3) is 2.63. The number of hydrogen-bond acceptors (Lipinski definition) is 3. The molecule has 3 atom stereocenters. The molecule has 2 saturated heterocycles. The Bertz CT molecular complexity index is 285. The summed E-state index contributed by atoms with van der Waals surface area (Å²) in [5.74, 6) is 0.478. The summed E-state index contributed by atoms with van der Waals surface area (Å²) in [4.78, 5) is 14.4. The molecule has 0 aromatic rings. The molecule has 2 heterocycles. The highest BCUT2D eigenvalue weighted by atomic mass is 16.3. The summed E-state index contributed by atoms with van der Waals surface area (Å²) in [5.41, 5.74) is -0.369. The van der Waals surface area contributed by atoms with Crippen LogP contribution in [0.1, 0.15) is 39.5 Å². The van der Waals surface area contributed by atoms with Crippen LogP contribution < -0.4 is 5.32 Å². The number of likely N-dealkylation sites (tertiary alicyclic amines) is 1. The molecule has 0 aliphatic carbocycles. The number of amides is 1. The van der Waals surface area contributed by atoms with Crippen LogP contribution in [0.3, 0.4) is 0 Å². The normalized spacial score (nSPS) is 35.9. The molecular formula is C13H24N2O2. The molecule has 0 saturated carbocycles. The molecule has 2 aliphatic heterocycles. The summed E-state index contributed by atoms with van der Waals surface area (Å²) >= 11 is 0. The summed E-state index contributed by atoms with van der Waals surface area (Å²) in [6.07, 6.45) is 3.85. The van der Waals surface area contributed by atoms with E-state index < -0.39 is 0 Å². The Kier molecular flexibility index (Phi) is 3.73. The molecule has 2 N–H and O–H groups in total. The van der Waals surface area contributed by atoms with Gasteiger partial charge in [0.1, 0.15) is 0 Å². The van der Waals surface area contributed by atoms with Gasteiger partial charge in [0.25, 0.3) is 0 Å². The van der Waals surface area contributed by atoms with Crippen LogP contribution >= 0.6 is 0 Å². The Morgan fingerprint density at radius 1 is 1.53 bits per heavy atom. The number of carbonyl (C=O) groups is 1. The van der Waals surface area contributed by atoms with Crippen LogP contribution in [0.25, 0.3) is 0 Å². The second kappa shape index (κ2) is 4.94. The average Bonchev–Trinajstić information content (AvgIpc) is 2.78. The highest BCUT2D eigenvalue weighted by Gasteiger charge is 2.40. The Morgan fingerprint density at radius 3 is 2.82 bits per heavy atom. The number of nitrogens with one attached hydrogen (secondary N) is 1. The first-order valence-corrected chi connectivity index (χ1v) is 6.75. The third-order valence-corrected chi connectivity index (χ3v) is 4.28. The monoisotopic (exact) mass is 240 g/mol. The fourth-order valence-electron chi connectivity index (χ4n) is 2.95. The highest BCUT2D eigenvalue weighted by Crippen LogP contribution is 2.26. The molecule has 4 heteroatoms. The summed E-state index contributed by atoms with van der Waals surface area (Å²) in [7, 11) is 0. The minimum Gasteiger partial charge on any atom is -0.393 e. The number of rotatable bonds is 2. The van der Waals surface area contributed by atoms with Crippen molar-refractivity contribution in [1.82, 2.24) is 10.2 Å². The third-order valence-electron chi connectivity index (χ3n) is 4.28. The van der Waals surface area contributed by atoms with Crippen LogP contribution in [0.2, 0.25) is 0 Å². The van der Waals surface area contributed by atoms with Gasteiger partial charge < -0.3 is 15.3 Å². The lowest BCUT2D eigenvalue weighted by Crippen LogP contribution is -2.57. The SMILES string of the molecule is CC(O)C1CCN(C(=O)C2(C)CCCCN2)C1. The van der Waals surface area contributed by atoms with E-state index in [0.717, 1.165) is 32.4 Å². The lowest BCUT2D eigenvalue weighted by atomic mass is 9.89. The van der Waals surface area contributed by atoms with E-state index in [9.17, 15) is 9.90 Å². The molecular weight excluding hydrogens is 216 g/mol. The van der Waals surface area contributed by atoms with E-state index in [4.69, 9.17) is 0 Å². The Balaban J connectivity index is 1.96. The van der Waals surface area contributed by atoms with Gasteiger partial charge in [-0.05, 0) is 46.1 Å². The molecule has 98 valence electrons. The number of aliphatic hydroxyl groups excluding tert-OH is 1. The molecule has 4 nitrogen and oxygen atoms in total. The van der Waals surface area contributed by atoms with E-state index in [1.807, 2.05) is 18.7 Å². The van der Waals surface area contributed by atoms with Crippen molar-refractivity contribution in [3.05, 3.63) is 0 Å². The molecule has 0 radical (unpaired) electrons. The smallest absolute Gasteiger partial charge is 0.242 e. The van der Waals surface area contributed by atoms with E-state index >= 15 is 0 Å². The van der Waals surface area contributed by atoms with E-state index in [-0.39, 0.29) is 23.5 Å². The molecule has 2 aliphatic rings. The average molecular weight is 240 g/mol. The molecule has 2 rings (SSSR count). The largest absolute Gasteiger partial charge is 0.393 e. The molecule has 3 unspecified atom stereocenters. The van der Waals surface area contributed by atoms with Crippen molar-refractivity contribution < 1.29 is 9.90 Å². The molecule has 2 fully saturated rings. The minimum atomic E-state index is -0.369. The number of nitrogens with zero attached hydrogens (tertiary/aromatic N) is 1. The van der Waals surface area contributed by atoms with Crippen LogP contribution in [0, 0.1) is 5.92 Å². The standard InChI is InChI=1S/C13H24N2O2/c1-10(16)11-5-8-15(9-11)12(17)13(2)6-3-4-7-14-13/h10-11,14,16H,3-9H2,1-2H3. The Morgan fingerprint density at radius 2 is 2.29 bits per heavy atom. The quantitative estimate of drug-likeness (QED) is 0.749. The maximum Gasteiger partial charge on any atom is 0.242 e. The lowest BCUT2D eigenvalue weighted by molar-refractivity contribution is -0.137. The van der Waals surface area contributed by atoms with Gasteiger partial charge >= 0.3 is 0 Å². The number of aliphatic hydroxyl groups is 1. The van der Waals surface area contributed by atoms with Crippen LogP contribution in [0.4, 0.5) is 0 Å². The van der Waals surface area contributed by atoms with Gasteiger partial charge in [0, 0.05) is 19.0 Å². The zero-order chi connectivity index (χ0) is 12.5. The van der Waals surface area contributed by atoms with E-state index in [1.165, 1.54) is 6.42 Å². The van der Waals surface area contributed by atoms with Gasteiger partial charge in [0.15, 0.2) is 0 Å². The van der Waals surface area contributed by atoms with E-state index in [2.05, 4.69) is 5.32 Å². The van der Waals surface area contributed by atoms with Gasteiger partial charge in [-0.2, -0.15) is 0 Å². The fourth-order valence-corrected chi connectivity index (χ4v) is 2.95. The number of carbonyl (C=O) groups excluding carboxylic acids is 1. The zero-order valence-electron chi connectivity index (χ0n) is 10.9. The van der Waals surface area contributed by atoms with Crippen molar-refractivity contribution in [3.8, 4) is 0 Å². The van der Waals surface area contributed by atoms with Crippen molar-refractivity contribution in [3.63, 3.8) is 0 Å². The maximum atomic E-state index is 12.5. The van der Waals surface area contributed by atoms with Crippen molar-refractivity contribution in [2.45, 2.75) is 51.2 Å². The van der Waals surface area contributed by atoms with Gasteiger partial charge in [-0.1, -0.05) is 0 Å². The van der Waals surface area contributed by atoms with Crippen LogP contribution in [-0.2, 0) is 4.79 Å².